The average Bonchev–Trinajstić information content (AvgIpc) is 3.45. The van der Waals surface area contributed by atoms with Gasteiger partial charge in [0.15, 0.2) is 0 Å². The molecule has 0 bridgehead atoms. The Morgan fingerprint density at radius 2 is 1.65 bits per heavy atom. The Labute approximate surface area is 138 Å². The lowest BCUT2D eigenvalue weighted by Crippen LogP contribution is -2.51. The van der Waals surface area contributed by atoms with Gasteiger partial charge in [0, 0.05) is 32.2 Å². The van der Waals surface area contributed by atoms with Gasteiger partial charge in [-0.1, -0.05) is 6.07 Å². The fourth-order valence-corrected chi connectivity index (χ4v) is 3.43. The molecule has 1 saturated carbocycles. The number of benzene rings is 1. The van der Waals surface area contributed by atoms with E-state index in [0.29, 0.717) is 23.1 Å². The van der Waals surface area contributed by atoms with Crippen LogP contribution in [0.3, 0.4) is 0 Å². The van der Waals surface area contributed by atoms with Crippen LogP contribution in [0.15, 0.2) is 18.2 Å². The van der Waals surface area contributed by atoms with Crippen molar-refractivity contribution in [2.45, 2.75) is 25.8 Å². The summed E-state index contributed by atoms with van der Waals surface area (Å²) in [6.45, 7) is 5.73. The van der Waals surface area contributed by atoms with E-state index >= 15 is 0 Å². The Morgan fingerprint density at radius 1 is 1.09 bits per heavy atom. The number of rotatable bonds is 5. The molecule has 126 valence electrons. The normalized spacial score (nSPS) is 20.2. The van der Waals surface area contributed by atoms with Crippen LogP contribution in [0, 0.1) is 5.92 Å². The summed E-state index contributed by atoms with van der Waals surface area (Å²) in [5, 5.41) is 0. The molecule has 2 fully saturated rings. The van der Waals surface area contributed by atoms with E-state index in [1.807, 2.05) is 11.0 Å². The molecule has 1 amide bonds. The number of carbonyl (C=O) groups is 1. The number of hydrogen-bond acceptors (Lipinski definition) is 4. The number of hydrogen-bond donors (Lipinski definition) is 0. The van der Waals surface area contributed by atoms with E-state index in [1.54, 1.807) is 26.4 Å². The first-order valence-electron chi connectivity index (χ1n) is 8.40. The monoisotopic (exact) mass is 318 g/mol. The third-order valence-corrected chi connectivity index (χ3v) is 5.12. The van der Waals surface area contributed by atoms with Crippen LogP contribution in [0.4, 0.5) is 0 Å². The van der Waals surface area contributed by atoms with Gasteiger partial charge in [0.25, 0.3) is 5.91 Å². The molecule has 1 aliphatic heterocycles. The van der Waals surface area contributed by atoms with Crippen LogP contribution in [0.1, 0.15) is 30.1 Å². The molecule has 3 rings (SSSR count). The summed E-state index contributed by atoms with van der Waals surface area (Å²) < 4.78 is 10.7. The highest BCUT2D eigenvalue weighted by atomic mass is 16.5. The highest BCUT2D eigenvalue weighted by Gasteiger charge is 2.34. The van der Waals surface area contributed by atoms with Crippen molar-refractivity contribution in [3.05, 3.63) is 23.8 Å². The van der Waals surface area contributed by atoms with Crippen LogP contribution in [-0.4, -0.2) is 62.1 Å². The quantitative estimate of drug-likeness (QED) is 0.835. The average molecular weight is 318 g/mol. The Morgan fingerprint density at radius 3 is 2.13 bits per heavy atom. The Balaban J connectivity index is 1.70. The van der Waals surface area contributed by atoms with E-state index in [9.17, 15) is 4.79 Å². The molecule has 1 unspecified atom stereocenters. The molecule has 1 atom stereocenters. The number of ether oxygens (including phenoxy) is 2. The summed E-state index contributed by atoms with van der Waals surface area (Å²) in [7, 11) is 3.17. The van der Waals surface area contributed by atoms with Gasteiger partial charge in [-0.2, -0.15) is 0 Å². The number of piperazine rings is 1. The highest BCUT2D eigenvalue weighted by Crippen LogP contribution is 2.35. The summed E-state index contributed by atoms with van der Waals surface area (Å²) in [4.78, 5) is 17.4. The molecule has 1 aromatic carbocycles. The van der Waals surface area contributed by atoms with Gasteiger partial charge in [-0.3, -0.25) is 9.69 Å². The second kappa shape index (κ2) is 6.79. The predicted octanol–water partition coefficient (Wildman–Crippen LogP) is 2.26. The van der Waals surface area contributed by atoms with E-state index in [0.717, 1.165) is 32.1 Å². The summed E-state index contributed by atoms with van der Waals surface area (Å²) in [5.74, 6) is 2.01. The fourth-order valence-electron chi connectivity index (χ4n) is 3.43. The first-order valence-corrected chi connectivity index (χ1v) is 8.40. The van der Waals surface area contributed by atoms with Gasteiger partial charge < -0.3 is 14.4 Å². The molecule has 2 aliphatic rings. The van der Waals surface area contributed by atoms with Crippen molar-refractivity contribution in [1.82, 2.24) is 9.80 Å². The largest absolute Gasteiger partial charge is 0.496 e. The molecule has 0 aromatic heterocycles. The first-order chi connectivity index (χ1) is 11.2. The summed E-state index contributed by atoms with van der Waals surface area (Å²) in [5.41, 5.74) is 0.529. The molecule has 23 heavy (non-hydrogen) atoms. The van der Waals surface area contributed by atoms with Crippen molar-refractivity contribution < 1.29 is 14.3 Å². The fraction of sp³-hybridized carbons (Fsp3) is 0.611. The summed E-state index contributed by atoms with van der Waals surface area (Å²) >= 11 is 0. The first kappa shape index (κ1) is 16.1. The lowest BCUT2D eigenvalue weighted by Gasteiger charge is -2.38. The van der Waals surface area contributed by atoms with Crippen LogP contribution < -0.4 is 9.47 Å². The minimum Gasteiger partial charge on any atom is -0.496 e. The van der Waals surface area contributed by atoms with Gasteiger partial charge in [0.1, 0.15) is 17.1 Å². The molecule has 5 nitrogen and oxygen atoms in total. The Kier molecular flexibility index (Phi) is 4.76. The van der Waals surface area contributed by atoms with E-state index in [2.05, 4.69) is 11.8 Å². The molecule has 1 saturated heterocycles. The number of carbonyl (C=O) groups excluding carboxylic acids is 1. The summed E-state index contributed by atoms with van der Waals surface area (Å²) in [6.07, 6.45) is 2.72. The topological polar surface area (TPSA) is 42.0 Å². The number of nitrogens with zero attached hydrogens (tertiary/aromatic N) is 2. The van der Waals surface area contributed by atoms with Crippen LogP contribution >= 0.6 is 0 Å². The maximum Gasteiger partial charge on any atom is 0.261 e. The second-order valence-corrected chi connectivity index (χ2v) is 6.44. The maximum atomic E-state index is 12.9. The van der Waals surface area contributed by atoms with Crippen molar-refractivity contribution in [2.75, 3.05) is 40.4 Å². The van der Waals surface area contributed by atoms with Crippen molar-refractivity contribution in [3.8, 4) is 11.5 Å². The lowest BCUT2D eigenvalue weighted by molar-refractivity contribution is 0.0558. The molecule has 1 heterocycles. The van der Waals surface area contributed by atoms with Crippen LogP contribution in [0.5, 0.6) is 11.5 Å². The predicted molar refractivity (Wildman–Crippen MR) is 89.2 cm³/mol. The maximum absolute atomic E-state index is 12.9. The third kappa shape index (κ3) is 3.29. The zero-order valence-corrected chi connectivity index (χ0v) is 14.2. The van der Waals surface area contributed by atoms with Crippen molar-refractivity contribution in [1.29, 1.82) is 0 Å². The second-order valence-electron chi connectivity index (χ2n) is 6.44. The smallest absolute Gasteiger partial charge is 0.261 e. The molecule has 5 heteroatoms. The summed E-state index contributed by atoms with van der Waals surface area (Å²) in [6, 6.07) is 6.10. The standard InChI is InChI=1S/C18H26N2O3/c1-13(14-7-8-14)19-9-11-20(12-10-19)18(21)17-15(22-2)5-4-6-16(17)23-3/h4-6,13-14H,7-12H2,1-3H3. The van der Waals surface area contributed by atoms with Gasteiger partial charge in [-0.05, 0) is 37.8 Å². The zero-order valence-electron chi connectivity index (χ0n) is 14.2. The van der Waals surface area contributed by atoms with Crippen LogP contribution in [0.2, 0.25) is 0 Å². The zero-order chi connectivity index (χ0) is 16.4. The van der Waals surface area contributed by atoms with E-state index in [4.69, 9.17) is 9.47 Å². The minimum absolute atomic E-state index is 0.00183. The molecular weight excluding hydrogens is 292 g/mol. The molecule has 0 radical (unpaired) electrons. The van der Waals surface area contributed by atoms with Gasteiger partial charge in [0.2, 0.25) is 0 Å². The highest BCUT2D eigenvalue weighted by molar-refractivity contribution is 5.99. The van der Waals surface area contributed by atoms with Gasteiger partial charge in [-0.15, -0.1) is 0 Å². The molecule has 1 aliphatic carbocycles. The van der Waals surface area contributed by atoms with Crippen molar-refractivity contribution in [2.24, 2.45) is 5.92 Å². The molecule has 0 N–H and O–H groups in total. The molecule has 1 aromatic rings. The SMILES string of the molecule is COc1cccc(OC)c1C(=O)N1CCN(C(C)C2CC2)CC1. The van der Waals surface area contributed by atoms with E-state index in [1.165, 1.54) is 12.8 Å². The third-order valence-electron chi connectivity index (χ3n) is 5.12. The number of amides is 1. The van der Waals surface area contributed by atoms with Crippen molar-refractivity contribution >= 4 is 5.91 Å². The minimum atomic E-state index is -0.00183. The lowest BCUT2D eigenvalue weighted by atomic mass is 10.1. The van der Waals surface area contributed by atoms with Gasteiger partial charge >= 0.3 is 0 Å². The van der Waals surface area contributed by atoms with E-state index in [-0.39, 0.29) is 5.91 Å². The molecular formula is C18H26N2O3. The van der Waals surface area contributed by atoms with Crippen molar-refractivity contribution in [3.63, 3.8) is 0 Å². The van der Waals surface area contributed by atoms with Crippen LogP contribution in [0.25, 0.3) is 0 Å². The van der Waals surface area contributed by atoms with Crippen LogP contribution in [-0.2, 0) is 0 Å². The Hall–Kier alpha value is -1.75. The Bertz CT molecular complexity index is 541. The van der Waals surface area contributed by atoms with E-state index < -0.39 is 0 Å². The van der Waals surface area contributed by atoms with Gasteiger partial charge in [0.05, 0.1) is 14.2 Å². The number of methoxy groups -OCH3 is 2. The van der Waals surface area contributed by atoms with Gasteiger partial charge in [-0.25, -0.2) is 0 Å². The molecule has 0 spiro atoms.